The van der Waals surface area contributed by atoms with Crippen LogP contribution in [0.4, 0.5) is 0 Å². The lowest BCUT2D eigenvalue weighted by atomic mass is 9.65. The second-order valence-corrected chi connectivity index (χ2v) is 6.28. The van der Waals surface area contributed by atoms with Crippen LogP contribution < -0.4 is 5.73 Å². The summed E-state index contributed by atoms with van der Waals surface area (Å²) >= 11 is 6.34. The molecule has 2 N–H and O–H groups in total. The molecular weight excluding hydrogens is 344 g/mol. The van der Waals surface area contributed by atoms with E-state index in [4.69, 9.17) is 17.3 Å². The van der Waals surface area contributed by atoms with E-state index >= 15 is 0 Å². The molecule has 2 aromatic carbocycles. The van der Waals surface area contributed by atoms with Gasteiger partial charge in [-0.15, -0.1) is 0 Å². The predicted molar refractivity (Wildman–Crippen MR) is 99.1 cm³/mol. The van der Waals surface area contributed by atoms with E-state index in [-0.39, 0.29) is 11.3 Å². The third-order valence-electron chi connectivity index (χ3n) is 4.55. The van der Waals surface area contributed by atoms with E-state index in [0.29, 0.717) is 16.2 Å². The molecule has 0 saturated carbocycles. The van der Waals surface area contributed by atoms with Crippen molar-refractivity contribution in [1.29, 1.82) is 15.8 Å². The highest BCUT2D eigenvalue weighted by atomic mass is 35.5. The topological polar surface area (TPSA) is 97.4 Å². The lowest BCUT2D eigenvalue weighted by Gasteiger charge is -2.33. The van der Waals surface area contributed by atoms with Crippen molar-refractivity contribution >= 4 is 17.2 Å². The van der Waals surface area contributed by atoms with Crippen molar-refractivity contribution in [3.63, 3.8) is 0 Å². The highest BCUT2D eigenvalue weighted by molar-refractivity contribution is 6.31. The summed E-state index contributed by atoms with van der Waals surface area (Å²) in [5.74, 6) is -0.696. The van der Waals surface area contributed by atoms with Crippen LogP contribution >= 0.6 is 11.6 Å². The van der Waals surface area contributed by atoms with E-state index in [0.717, 1.165) is 5.56 Å². The summed E-state index contributed by atoms with van der Waals surface area (Å²) in [5.41, 5.74) is 6.62. The smallest absolute Gasteiger partial charge is 0.194 e. The molecule has 1 aliphatic carbocycles. The van der Waals surface area contributed by atoms with Crippen molar-refractivity contribution in [3.8, 4) is 18.2 Å². The van der Waals surface area contributed by atoms with Crippen LogP contribution in [0.25, 0.3) is 5.57 Å². The molecule has 2 aromatic rings. The molecular formula is C21H13ClN4. The van der Waals surface area contributed by atoms with Crippen molar-refractivity contribution < 1.29 is 0 Å². The van der Waals surface area contributed by atoms with Gasteiger partial charge in [-0.1, -0.05) is 66.2 Å². The number of nitrogens with zero attached hydrogens (tertiary/aromatic N) is 3. The number of halogens is 1. The van der Waals surface area contributed by atoms with Crippen LogP contribution in [0.15, 0.2) is 71.9 Å². The second kappa shape index (κ2) is 6.77. The quantitative estimate of drug-likeness (QED) is 0.867. The average molecular weight is 357 g/mol. The average Bonchev–Trinajstić information content (AvgIpc) is 2.69. The molecule has 26 heavy (non-hydrogen) atoms. The number of hydrogen-bond acceptors (Lipinski definition) is 4. The van der Waals surface area contributed by atoms with Gasteiger partial charge < -0.3 is 5.73 Å². The maximum absolute atomic E-state index is 9.84. The van der Waals surface area contributed by atoms with Crippen LogP contribution in [-0.4, -0.2) is 0 Å². The van der Waals surface area contributed by atoms with Gasteiger partial charge in [-0.25, -0.2) is 0 Å². The van der Waals surface area contributed by atoms with E-state index in [1.54, 1.807) is 30.3 Å². The minimum atomic E-state index is -1.70. The molecule has 0 bridgehead atoms. The molecule has 4 nitrogen and oxygen atoms in total. The first-order valence-corrected chi connectivity index (χ1v) is 8.21. The van der Waals surface area contributed by atoms with Gasteiger partial charge in [-0.2, -0.15) is 15.8 Å². The molecule has 0 heterocycles. The van der Waals surface area contributed by atoms with Gasteiger partial charge in [0.1, 0.15) is 6.07 Å². The molecule has 124 valence electrons. The number of allylic oxidation sites excluding steroid dienone is 4. The Hall–Kier alpha value is -3.52. The van der Waals surface area contributed by atoms with Crippen LogP contribution in [0.1, 0.15) is 17.0 Å². The summed E-state index contributed by atoms with van der Waals surface area (Å²) in [7, 11) is 0. The third-order valence-corrected chi connectivity index (χ3v) is 4.90. The van der Waals surface area contributed by atoms with E-state index in [2.05, 4.69) is 6.07 Å². The first-order valence-electron chi connectivity index (χ1n) is 7.84. The SMILES string of the molecule is N#CC1=C(N)C(C#N)(C#N)C(c2ccccc2Cl)C=C1c1ccccc1. The molecule has 0 fully saturated rings. The van der Waals surface area contributed by atoms with Gasteiger partial charge in [0.15, 0.2) is 5.41 Å². The molecule has 5 heteroatoms. The van der Waals surface area contributed by atoms with Crippen LogP contribution in [0.2, 0.25) is 5.02 Å². The summed E-state index contributed by atoms with van der Waals surface area (Å²) in [5, 5.41) is 29.8. The highest BCUT2D eigenvalue weighted by Gasteiger charge is 2.47. The van der Waals surface area contributed by atoms with E-state index in [1.807, 2.05) is 42.5 Å². The second-order valence-electron chi connectivity index (χ2n) is 5.88. The first kappa shape index (κ1) is 17.3. The minimum Gasteiger partial charge on any atom is -0.399 e. The van der Waals surface area contributed by atoms with E-state index < -0.39 is 11.3 Å². The summed E-state index contributed by atoms with van der Waals surface area (Å²) in [4.78, 5) is 0. The predicted octanol–water partition coefficient (Wildman–Crippen LogP) is 4.29. The van der Waals surface area contributed by atoms with Gasteiger partial charge in [-0.3, -0.25) is 0 Å². The van der Waals surface area contributed by atoms with Crippen molar-refractivity contribution in [3.05, 3.63) is 88.1 Å². The normalized spacial score (nSPS) is 18.2. The Bertz CT molecular complexity index is 1030. The minimum absolute atomic E-state index is 0.0451. The largest absolute Gasteiger partial charge is 0.399 e. The Balaban J connectivity index is 2.35. The summed E-state index contributed by atoms with van der Waals surface area (Å²) in [6.07, 6.45) is 1.75. The Kier molecular flexibility index (Phi) is 4.51. The van der Waals surface area contributed by atoms with E-state index in [9.17, 15) is 15.8 Å². The van der Waals surface area contributed by atoms with Crippen molar-refractivity contribution in [2.45, 2.75) is 5.92 Å². The molecule has 1 aliphatic rings. The highest BCUT2D eigenvalue weighted by Crippen LogP contribution is 2.50. The number of hydrogen-bond donors (Lipinski definition) is 1. The number of nitrogens with two attached hydrogens (primary N) is 1. The Labute approximate surface area is 156 Å². The van der Waals surface area contributed by atoms with Gasteiger partial charge in [-0.05, 0) is 22.8 Å². The third kappa shape index (κ3) is 2.52. The van der Waals surface area contributed by atoms with Gasteiger partial charge in [0, 0.05) is 10.9 Å². The zero-order valence-corrected chi connectivity index (χ0v) is 14.4. The maximum Gasteiger partial charge on any atom is 0.194 e. The number of nitriles is 3. The molecule has 0 aromatic heterocycles. The molecule has 3 rings (SSSR count). The first-order chi connectivity index (χ1) is 12.6. The van der Waals surface area contributed by atoms with Crippen LogP contribution in [-0.2, 0) is 0 Å². The lowest BCUT2D eigenvalue weighted by Crippen LogP contribution is -2.35. The fourth-order valence-electron chi connectivity index (χ4n) is 3.20. The molecule has 1 atom stereocenters. The Morgan fingerprint density at radius 2 is 1.54 bits per heavy atom. The molecule has 1 unspecified atom stereocenters. The monoisotopic (exact) mass is 356 g/mol. The Morgan fingerprint density at radius 1 is 0.923 bits per heavy atom. The fraction of sp³-hybridized carbons (Fsp3) is 0.0952. The standard InChI is InChI=1S/C21H13ClN4/c22-19-9-5-4-8-15(19)18-10-16(14-6-2-1-3-7-14)17(11-23)20(26)21(18,12-24)13-25/h1-10,18H,26H2. The zero-order chi connectivity index (χ0) is 18.7. The van der Waals surface area contributed by atoms with Gasteiger partial charge in [0.05, 0.1) is 23.4 Å². The van der Waals surface area contributed by atoms with Crippen LogP contribution in [0, 0.1) is 39.4 Å². The van der Waals surface area contributed by atoms with Gasteiger partial charge in [0.25, 0.3) is 0 Å². The molecule has 0 radical (unpaired) electrons. The van der Waals surface area contributed by atoms with E-state index in [1.165, 1.54) is 0 Å². The van der Waals surface area contributed by atoms with Gasteiger partial charge >= 0.3 is 0 Å². The Morgan fingerprint density at radius 3 is 2.12 bits per heavy atom. The van der Waals surface area contributed by atoms with Crippen LogP contribution in [0.3, 0.4) is 0 Å². The molecule has 0 saturated heterocycles. The lowest BCUT2D eigenvalue weighted by molar-refractivity contribution is 0.534. The summed E-state index contributed by atoms with van der Waals surface area (Å²) in [6, 6.07) is 22.4. The van der Waals surface area contributed by atoms with Crippen molar-refractivity contribution in [1.82, 2.24) is 0 Å². The summed E-state index contributed by atoms with van der Waals surface area (Å²) in [6.45, 7) is 0. The molecule has 0 aliphatic heterocycles. The number of rotatable bonds is 2. The van der Waals surface area contributed by atoms with Crippen LogP contribution in [0.5, 0.6) is 0 Å². The zero-order valence-electron chi connectivity index (χ0n) is 13.6. The molecule has 0 spiro atoms. The van der Waals surface area contributed by atoms with Crippen molar-refractivity contribution in [2.75, 3.05) is 0 Å². The van der Waals surface area contributed by atoms with Crippen molar-refractivity contribution in [2.24, 2.45) is 11.1 Å². The number of benzene rings is 2. The molecule has 0 amide bonds. The summed E-state index contributed by atoms with van der Waals surface area (Å²) < 4.78 is 0. The van der Waals surface area contributed by atoms with Gasteiger partial charge in [0.2, 0.25) is 0 Å². The maximum atomic E-state index is 9.84. The fourth-order valence-corrected chi connectivity index (χ4v) is 3.45.